The van der Waals surface area contributed by atoms with Crippen LogP contribution >= 0.6 is 0 Å². The van der Waals surface area contributed by atoms with Gasteiger partial charge in [-0.25, -0.2) is 0 Å². The summed E-state index contributed by atoms with van der Waals surface area (Å²) in [6, 6.07) is 0.639. The molecule has 0 aliphatic carbocycles. The maximum absolute atomic E-state index is 3.47. The molecule has 1 heterocycles. The number of nitrogens with one attached hydrogen (secondary N) is 1. The summed E-state index contributed by atoms with van der Waals surface area (Å²) >= 11 is 0. The third kappa shape index (κ3) is 3.44. The minimum Gasteiger partial charge on any atom is -0.315 e. The number of hydrogen-bond acceptors (Lipinski definition) is 3. The van der Waals surface area contributed by atoms with Gasteiger partial charge in [-0.15, -0.1) is 0 Å². The Hall–Kier alpha value is -0.120. The van der Waals surface area contributed by atoms with Gasteiger partial charge in [-0.05, 0) is 73.9 Å². The fourth-order valence-corrected chi connectivity index (χ4v) is 2.82. The molecule has 0 radical (unpaired) electrons. The Balaban J connectivity index is 2.45. The van der Waals surface area contributed by atoms with Crippen molar-refractivity contribution in [1.82, 2.24) is 15.1 Å². The SMILES string of the molecule is CNC1CCCN(CCCN(C)C)C1(C)C. The van der Waals surface area contributed by atoms with Crippen molar-refractivity contribution in [2.24, 2.45) is 0 Å². The van der Waals surface area contributed by atoms with Crippen LogP contribution in [-0.2, 0) is 0 Å². The summed E-state index contributed by atoms with van der Waals surface area (Å²) in [6.07, 6.45) is 3.91. The maximum Gasteiger partial charge on any atom is 0.0306 e. The van der Waals surface area contributed by atoms with Gasteiger partial charge in [-0.2, -0.15) is 0 Å². The zero-order valence-corrected chi connectivity index (χ0v) is 11.7. The monoisotopic (exact) mass is 227 g/mol. The molecule has 0 bridgehead atoms. The van der Waals surface area contributed by atoms with Crippen molar-refractivity contribution in [2.45, 2.75) is 44.7 Å². The first kappa shape index (κ1) is 13.9. The summed E-state index contributed by atoms with van der Waals surface area (Å²) in [6.45, 7) is 8.44. The minimum atomic E-state index is 0.305. The van der Waals surface area contributed by atoms with Crippen molar-refractivity contribution in [2.75, 3.05) is 40.8 Å². The highest BCUT2D eigenvalue weighted by molar-refractivity contribution is 4.96. The second kappa shape index (κ2) is 5.99. The largest absolute Gasteiger partial charge is 0.315 e. The fraction of sp³-hybridized carbons (Fsp3) is 1.00. The van der Waals surface area contributed by atoms with Crippen LogP contribution in [0.25, 0.3) is 0 Å². The van der Waals surface area contributed by atoms with Crippen LogP contribution in [0.2, 0.25) is 0 Å². The number of likely N-dealkylation sites (N-methyl/N-ethyl adjacent to an activating group) is 1. The van der Waals surface area contributed by atoms with Gasteiger partial charge < -0.3 is 10.2 Å². The van der Waals surface area contributed by atoms with Gasteiger partial charge in [0.2, 0.25) is 0 Å². The van der Waals surface area contributed by atoms with Gasteiger partial charge in [-0.3, -0.25) is 4.90 Å². The van der Waals surface area contributed by atoms with E-state index in [1.165, 1.54) is 38.9 Å². The molecule has 1 N–H and O–H groups in total. The van der Waals surface area contributed by atoms with Gasteiger partial charge in [0, 0.05) is 11.6 Å². The highest BCUT2D eigenvalue weighted by Crippen LogP contribution is 2.27. The Kier molecular flexibility index (Phi) is 5.22. The van der Waals surface area contributed by atoms with Crippen LogP contribution in [0.4, 0.5) is 0 Å². The number of piperidine rings is 1. The molecule has 1 atom stereocenters. The fourth-order valence-electron chi connectivity index (χ4n) is 2.82. The molecule has 1 fully saturated rings. The Morgan fingerprint density at radius 3 is 2.62 bits per heavy atom. The Bertz CT molecular complexity index is 201. The lowest BCUT2D eigenvalue weighted by Crippen LogP contribution is -2.60. The van der Waals surface area contributed by atoms with Crippen molar-refractivity contribution in [1.29, 1.82) is 0 Å². The highest BCUT2D eigenvalue weighted by Gasteiger charge is 2.36. The van der Waals surface area contributed by atoms with E-state index in [1.807, 2.05) is 0 Å². The molecule has 1 rings (SSSR count). The molecule has 0 spiro atoms. The highest BCUT2D eigenvalue weighted by atomic mass is 15.2. The van der Waals surface area contributed by atoms with E-state index in [2.05, 4.69) is 50.1 Å². The lowest BCUT2D eigenvalue weighted by molar-refractivity contribution is 0.0433. The van der Waals surface area contributed by atoms with E-state index in [0.29, 0.717) is 11.6 Å². The quantitative estimate of drug-likeness (QED) is 0.766. The van der Waals surface area contributed by atoms with Crippen LogP contribution in [-0.4, -0.2) is 62.2 Å². The average molecular weight is 227 g/mol. The molecule has 0 aromatic carbocycles. The number of likely N-dealkylation sites (tertiary alicyclic amines) is 1. The molecule has 16 heavy (non-hydrogen) atoms. The second-order valence-electron chi connectivity index (χ2n) is 5.78. The molecule has 0 aromatic heterocycles. The van der Waals surface area contributed by atoms with Crippen molar-refractivity contribution < 1.29 is 0 Å². The molecule has 1 aliphatic heterocycles. The number of nitrogens with zero attached hydrogens (tertiary/aromatic N) is 2. The first-order chi connectivity index (χ1) is 7.48. The summed E-state index contributed by atoms with van der Waals surface area (Å²) in [4.78, 5) is 4.92. The molecule has 3 heteroatoms. The average Bonchev–Trinajstić information content (AvgIpc) is 2.19. The van der Waals surface area contributed by atoms with E-state index >= 15 is 0 Å². The van der Waals surface area contributed by atoms with Crippen molar-refractivity contribution in [3.8, 4) is 0 Å². The molecule has 0 saturated carbocycles. The molecule has 96 valence electrons. The van der Waals surface area contributed by atoms with Crippen LogP contribution in [0.15, 0.2) is 0 Å². The molecule has 0 amide bonds. The van der Waals surface area contributed by atoms with Gasteiger partial charge in [0.25, 0.3) is 0 Å². The van der Waals surface area contributed by atoms with E-state index < -0.39 is 0 Å². The number of hydrogen-bond donors (Lipinski definition) is 1. The first-order valence-corrected chi connectivity index (χ1v) is 6.55. The van der Waals surface area contributed by atoms with E-state index in [9.17, 15) is 0 Å². The molecule has 0 aromatic rings. The van der Waals surface area contributed by atoms with Crippen LogP contribution in [0.5, 0.6) is 0 Å². The van der Waals surface area contributed by atoms with Crippen molar-refractivity contribution in [3.63, 3.8) is 0 Å². The van der Waals surface area contributed by atoms with Crippen LogP contribution in [0.1, 0.15) is 33.1 Å². The van der Waals surface area contributed by atoms with Crippen LogP contribution in [0.3, 0.4) is 0 Å². The molecule has 1 aliphatic rings. The Morgan fingerprint density at radius 2 is 2.06 bits per heavy atom. The van der Waals surface area contributed by atoms with E-state index in [4.69, 9.17) is 0 Å². The summed E-state index contributed by atoms with van der Waals surface area (Å²) in [7, 11) is 6.39. The van der Waals surface area contributed by atoms with E-state index in [0.717, 1.165) is 0 Å². The Labute approximate surface area is 101 Å². The summed E-state index contributed by atoms with van der Waals surface area (Å²) in [5.74, 6) is 0. The van der Waals surface area contributed by atoms with E-state index in [-0.39, 0.29) is 0 Å². The van der Waals surface area contributed by atoms with Gasteiger partial charge in [-0.1, -0.05) is 0 Å². The standard InChI is InChI=1S/C13H29N3/c1-13(2)12(14-3)8-6-10-16(13)11-7-9-15(4)5/h12,14H,6-11H2,1-5H3. The van der Waals surface area contributed by atoms with Crippen molar-refractivity contribution in [3.05, 3.63) is 0 Å². The van der Waals surface area contributed by atoms with Gasteiger partial charge >= 0.3 is 0 Å². The van der Waals surface area contributed by atoms with Gasteiger partial charge in [0.05, 0.1) is 0 Å². The van der Waals surface area contributed by atoms with Gasteiger partial charge in [0.1, 0.15) is 0 Å². The third-order valence-corrected chi connectivity index (χ3v) is 3.97. The topological polar surface area (TPSA) is 18.5 Å². The van der Waals surface area contributed by atoms with Crippen molar-refractivity contribution >= 4 is 0 Å². The lowest BCUT2D eigenvalue weighted by Gasteiger charge is -2.48. The molecule has 3 nitrogen and oxygen atoms in total. The van der Waals surface area contributed by atoms with Gasteiger partial charge in [0.15, 0.2) is 0 Å². The van der Waals surface area contributed by atoms with Crippen LogP contribution in [0, 0.1) is 0 Å². The minimum absolute atomic E-state index is 0.305. The lowest BCUT2D eigenvalue weighted by atomic mass is 9.85. The molecular weight excluding hydrogens is 198 g/mol. The third-order valence-electron chi connectivity index (χ3n) is 3.97. The van der Waals surface area contributed by atoms with Crippen LogP contribution < -0.4 is 5.32 Å². The summed E-state index contributed by atoms with van der Waals surface area (Å²) < 4.78 is 0. The summed E-state index contributed by atoms with van der Waals surface area (Å²) in [5, 5.41) is 3.47. The number of rotatable bonds is 5. The molecule has 1 saturated heterocycles. The van der Waals surface area contributed by atoms with E-state index in [1.54, 1.807) is 0 Å². The zero-order chi connectivity index (χ0) is 12.2. The normalized spacial score (nSPS) is 26.2. The molecular formula is C13H29N3. The predicted molar refractivity (Wildman–Crippen MR) is 70.9 cm³/mol. The summed E-state index contributed by atoms with van der Waals surface area (Å²) in [5.41, 5.74) is 0.305. The smallest absolute Gasteiger partial charge is 0.0306 e. The maximum atomic E-state index is 3.47. The predicted octanol–water partition coefficient (Wildman–Crippen LogP) is 1.40. The zero-order valence-electron chi connectivity index (χ0n) is 11.7. The second-order valence-corrected chi connectivity index (χ2v) is 5.78. The first-order valence-electron chi connectivity index (χ1n) is 6.55. The Morgan fingerprint density at radius 1 is 1.38 bits per heavy atom. The molecule has 1 unspecified atom stereocenters.